The topological polar surface area (TPSA) is 35.5 Å². The Morgan fingerprint density at radius 2 is 2.05 bits per heavy atom. The van der Waals surface area contributed by atoms with Gasteiger partial charge in [0.1, 0.15) is 6.10 Å². The lowest BCUT2D eigenvalue weighted by Gasteiger charge is -2.38. The zero-order valence-corrected chi connectivity index (χ0v) is 13.8. The van der Waals surface area contributed by atoms with Crippen molar-refractivity contribution < 1.29 is 14.3 Å². The number of hydrogen-bond acceptors (Lipinski definition) is 3. The van der Waals surface area contributed by atoms with E-state index < -0.39 is 0 Å². The lowest BCUT2D eigenvalue weighted by molar-refractivity contribution is -0.157. The molecule has 3 rings (SSSR count). The molecule has 0 aromatic carbocycles. The van der Waals surface area contributed by atoms with Gasteiger partial charge in [0, 0.05) is 18.4 Å². The van der Waals surface area contributed by atoms with E-state index in [9.17, 15) is 4.79 Å². The van der Waals surface area contributed by atoms with Gasteiger partial charge in [-0.2, -0.15) is 0 Å². The minimum atomic E-state index is -0.0150. The average Bonchev–Trinajstić information content (AvgIpc) is 2.79. The minimum absolute atomic E-state index is 0.0150. The number of hydrogen-bond donors (Lipinski definition) is 0. The first-order valence-corrected chi connectivity index (χ1v) is 8.74. The molecule has 3 heteroatoms. The number of carbonyl (C=O) groups excluding carboxylic acids is 1. The zero-order chi connectivity index (χ0) is 15.1. The Morgan fingerprint density at radius 3 is 2.62 bits per heavy atom. The van der Waals surface area contributed by atoms with E-state index in [2.05, 4.69) is 20.8 Å². The first kappa shape index (κ1) is 15.3. The lowest BCUT2D eigenvalue weighted by atomic mass is 9.70. The maximum absolute atomic E-state index is 12.2. The van der Waals surface area contributed by atoms with Crippen LogP contribution in [0.5, 0.6) is 0 Å². The fourth-order valence-corrected chi connectivity index (χ4v) is 4.84. The molecule has 0 aromatic rings. The number of rotatable bonds is 4. The Morgan fingerprint density at radius 1 is 1.24 bits per heavy atom. The molecule has 0 radical (unpaired) electrons. The SMILES string of the molecule is CC1(C)C2CCC1(C)C(OC(=O)CCC1CCCCO1)C2. The second-order valence-corrected chi connectivity index (χ2v) is 8.12. The number of ether oxygens (including phenoxy) is 2. The van der Waals surface area contributed by atoms with Crippen LogP contribution in [0.25, 0.3) is 0 Å². The Labute approximate surface area is 128 Å². The van der Waals surface area contributed by atoms with Crippen LogP contribution in [0.4, 0.5) is 0 Å². The molecule has 120 valence electrons. The molecule has 21 heavy (non-hydrogen) atoms. The first-order chi connectivity index (χ1) is 9.93. The van der Waals surface area contributed by atoms with Gasteiger partial charge in [-0.05, 0) is 56.3 Å². The highest BCUT2D eigenvalue weighted by Crippen LogP contribution is 2.66. The van der Waals surface area contributed by atoms with Gasteiger partial charge in [-0.25, -0.2) is 0 Å². The Bertz CT molecular complexity index is 397. The van der Waals surface area contributed by atoms with Gasteiger partial charge >= 0.3 is 5.97 Å². The highest BCUT2D eigenvalue weighted by Gasteiger charge is 2.62. The van der Waals surface area contributed by atoms with Crippen LogP contribution >= 0.6 is 0 Å². The fraction of sp³-hybridized carbons (Fsp3) is 0.944. The van der Waals surface area contributed by atoms with Crippen molar-refractivity contribution in [1.82, 2.24) is 0 Å². The molecular formula is C18H30O3. The molecule has 2 saturated carbocycles. The van der Waals surface area contributed by atoms with Crippen molar-refractivity contribution in [1.29, 1.82) is 0 Å². The fourth-order valence-electron chi connectivity index (χ4n) is 4.84. The summed E-state index contributed by atoms with van der Waals surface area (Å²) in [6.45, 7) is 7.89. The summed E-state index contributed by atoms with van der Waals surface area (Å²) in [6, 6.07) is 0. The third kappa shape index (κ3) is 2.62. The molecule has 3 aliphatic rings. The van der Waals surface area contributed by atoms with Crippen molar-refractivity contribution >= 4 is 5.97 Å². The monoisotopic (exact) mass is 294 g/mol. The van der Waals surface area contributed by atoms with Gasteiger partial charge in [-0.3, -0.25) is 4.79 Å². The summed E-state index contributed by atoms with van der Waals surface area (Å²) in [7, 11) is 0. The number of fused-ring (bicyclic) bond motifs is 2. The quantitative estimate of drug-likeness (QED) is 0.732. The van der Waals surface area contributed by atoms with Crippen LogP contribution in [0.2, 0.25) is 0 Å². The van der Waals surface area contributed by atoms with E-state index in [1.54, 1.807) is 0 Å². The largest absolute Gasteiger partial charge is 0.462 e. The molecule has 1 heterocycles. The number of carbonyl (C=O) groups is 1. The van der Waals surface area contributed by atoms with Crippen LogP contribution in [0, 0.1) is 16.7 Å². The summed E-state index contributed by atoms with van der Waals surface area (Å²) < 4.78 is 11.6. The summed E-state index contributed by atoms with van der Waals surface area (Å²) in [4.78, 5) is 12.2. The molecule has 3 nitrogen and oxygen atoms in total. The summed E-state index contributed by atoms with van der Waals surface area (Å²) in [5.74, 6) is 0.709. The first-order valence-electron chi connectivity index (χ1n) is 8.74. The van der Waals surface area contributed by atoms with E-state index in [1.165, 1.54) is 19.3 Å². The molecule has 2 aliphatic carbocycles. The normalized spacial score (nSPS) is 41.2. The van der Waals surface area contributed by atoms with Gasteiger partial charge in [0.05, 0.1) is 6.10 Å². The molecule has 0 N–H and O–H groups in total. The summed E-state index contributed by atoms with van der Waals surface area (Å²) in [5, 5.41) is 0. The zero-order valence-electron chi connectivity index (χ0n) is 13.8. The van der Waals surface area contributed by atoms with Crippen LogP contribution in [0.3, 0.4) is 0 Å². The molecule has 0 amide bonds. The van der Waals surface area contributed by atoms with E-state index in [0.717, 1.165) is 38.2 Å². The van der Waals surface area contributed by atoms with Crippen molar-refractivity contribution in [2.24, 2.45) is 16.7 Å². The second-order valence-electron chi connectivity index (χ2n) is 8.12. The highest BCUT2D eigenvalue weighted by atomic mass is 16.5. The molecule has 1 saturated heterocycles. The van der Waals surface area contributed by atoms with Crippen molar-refractivity contribution in [3.05, 3.63) is 0 Å². The molecule has 0 spiro atoms. The second kappa shape index (κ2) is 5.57. The molecule has 0 aromatic heterocycles. The average molecular weight is 294 g/mol. The minimum Gasteiger partial charge on any atom is -0.462 e. The highest BCUT2D eigenvalue weighted by molar-refractivity contribution is 5.69. The smallest absolute Gasteiger partial charge is 0.306 e. The Kier molecular flexibility index (Phi) is 4.06. The van der Waals surface area contributed by atoms with Crippen LogP contribution in [0.1, 0.15) is 72.1 Å². The van der Waals surface area contributed by atoms with Crippen molar-refractivity contribution in [3.8, 4) is 0 Å². The van der Waals surface area contributed by atoms with E-state index in [0.29, 0.717) is 11.8 Å². The molecule has 3 fully saturated rings. The van der Waals surface area contributed by atoms with E-state index in [1.807, 2.05) is 0 Å². The maximum Gasteiger partial charge on any atom is 0.306 e. The third-order valence-corrected chi connectivity index (χ3v) is 6.93. The van der Waals surface area contributed by atoms with Gasteiger partial charge in [0.25, 0.3) is 0 Å². The Hall–Kier alpha value is -0.570. The standard InChI is InChI=1S/C18H30O3/c1-17(2)13-9-10-18(17,3)15(12-13)21-16(19)8-7-14-6-4-5-11-20-14/h13-15H,4-12H2,1-3H3. The van der Waals surface area contributed by atoms with Gasteiger partial charge in [0.15, 0.2) is 0 Å². The predicted molar refractivity (Wildman–Crippen MR) is 81.9 cm³/mol. The molecule has 2 bridgehead atoms. The van der Waals surface area contributed by atoms with Crippen LogP contribution in [-0.2, 0) is 14.3 Å². The molecular weight excluding hydrogens is 264 g/mol. The lowest BCUT2D eigenvalue weighted by Crippen LogP contribution is -2.38. The van der Waals surface area contributed by atoms with Crippen LogP contribution in [0.15, 0.2) is 0 Å². The Balaban J connectivity index is 1.49. The molecule has 4 unspecified atom stereocenters. The van der Waals surface area contributed by atoms with Crippen molar-refractivity contribution in [3.63, 3.8) is 0 Å². The maximum atomic E-state index is 12.2. The number of esters is 1. The summed E-state index contributed by atoms with van der Waals surface area (Å²) in [5.41, 5.74) is 0.485. The third-order valence-electron chi connectivity index (χ3n) is 6.93. The molecule has 1 aliphatic heterocycles. The van der Waals surface area contributed by atoms with Crippen LogP contribution in [-0.4, -0.2) is 24.8 Å². The van der Waals surface area contributed by atoms with Gasteiger partial charge in [0.2, 0.25) is 0 Å². The van der Waals surface area contributed by atoms with E-state index in [-0.39, 0.29) is 23.6 Å². The predicted octanol–water partition coefficient (Wildman–Crippen LogP) is 4.09. The van der Waals surface area contributed by atoms with E-state index >= 15 is 0 Å². The van der Waals surface area contributed by atoms with Gasteiger partial charge in [-0.15, -0.1) is 0 Å². The van der Waals surface area contributed by atoms with Gasteiger partial charge in [-0.1, -0.05) is 20.8 Å². The van der Waals surface area contributed by atoms with Crippen molar-refractivity contribution in [2.75, 3.05) is 6.61 Å². The van der Waals surface area contributed by atoms with Gasteiger partial charge < -0.3 is 9.47 Å². The van der Waals surface area contributed by atoms with Crippen molar-refractivity contribution in [2.45, 2.75) is 84.3 Å². The summed E-state index contributed by atoms with van der Waals surface area (Å²) in [6.07, 6.45) is 8.82. The van der Waals surface area contributed by atoms with E-state index in [4.69, 9.17) is 9.47 Å². The summed E-state index contributed by atoms with van der Waals surface area (Å²) >= 11 is 0. The van der Waals surface area contributed by atoms with Crippen LogP contribution < -0.4 is 0 Å². The molecule has 4 atom stereocenters.